The van der Waals surface area contributed by atoms with E-state index in [1.807, 2.05) is 26.0 Å². The van der Waals surface area contributed by atoms with E-state index in [0.717, 1.165) is 24.0 Å². The van der Waals surface area contributed by atoms with Crippen LogP contribution < -0.4 is 9.47 Å². The van der Waals surface area contributed by atoms with E-state index < -0.39 is 53.7 Å². The Morgan fingerprint density at radius 3 is 2.60 bits per heavy atom. The van der Waals surface area contributed by atoms with E-state index in [1.54, 1.807) is 13.2 Å². The van der Waals surface area contributed by atoms with Crippen molar-refractivity contribution in [3.05, 3.63) is 35.1 Å². The largest absolute Gasteiger partial charge is 0.493 e. The van der Waals surface area contributed by atoms with Crippen LogP contribution in [-0.2, 0) is 40.4 Å². The highest BCUT2D eigenvalue weighted by atomic mass is 16.6. The second kappa shape index (κ2) is 10.4. The topological polar surface area (TPSA) is 138 Å². The molecule has 1 unspecified atom stereocenters. The summed E-state index contributed by atoms with van der Waals surface area (Å²) >= 11 is 0. The molecule has 2 bridgehead atoms. The lowest BCUT2D eigenvalue weighted by molar-refractivity contribution is -0.178. The van der Waals surface area contributed by atoms with Gasteiger partial charge in [0.2, 0.25) is 6.10 Å². The van der Waals surface area contributed by atoms with Crippen molar-refractivity contribution in [1.29, 1.82) is 0 Å². The Balaban J connectivity index is 1.43. The SMILES string of the molecule is COc1ccc2c3c1O[C@H]1C(OC(=O)C[C@H](OC(=O)[C@H](C)O)C(=O)OCC(C)C)=CC[C@@]4(O)[C@@H](C2)C(C)CC[C@]314. The number of hydrogen-bond acceptors (Lipinski definition) is 10. The summed E-state index contributed by atoms with van der Waals surface area (Å²) in [5.41, 5.74) is 0.113. The normalized spacial score (nSPS) is 30.8. The highest BCUT2D eigenvalue weighted by molar-refractivity contribution is 5.85. The predicted octanol–water partition coefficient (Wildman–Crippen LogP) is 2.74. The van der Waals surface area contributed by atoms with Gasteiger partial charge in [-0.15, -0.1) is 0 Å². The molecule has 0 saturated heterocycles. The van der Waals surface area contributed by atoms with Crippen molar-refractivity contribution >= 4 is 17.9 Å². The van der Waals surface area contributed by atoms with Crippen LogP contribution >= 0.6 is 0 Å². The van der Waals surface area contributed by atoms with Crippen molar-refractivity contribution in [1.82, 2.24) is 0 Å². The quantitative estimate of drug-likeness (QED) is 0.344. The van der Waals surface area contributed by atoms with E-state index in [0.29, 0.717) is 23.8 Å². The average molecular weight is 559 g/mol. The summed E-state index contributed by atoms with van der Waals surface area (Å²) in [6, 6.07) is 3.90. The predicted molar refractivity (Wildman–Crippen MR) is 140 cm³/mol. The Morgan fingerprint density at radius 1 is 1.18 bits per heavy atom. The number of methoxy groups -OCH3 is 1. The molecule has 1 spiro atoms. The minimum absolute atomic E-state index is 0.00712. The molecule has 1 aromatic carbocycles. The number of esters is 3. The molecule has 10 nitrogen and oxygen atoms in total. The van der Waals surface area contributed by atoms with Crippen molar-refractivity contribution < 1.29 is 48.3 Å². The third-order valence-electron chi connectivity index (χ3n) is 8.94. The van der Waals surface area contributed by atoms with E-state index in [2.05, 4.69) is 6.92 Å². The van der Waals surface area contributed by atoms with Crippen LogP contribution in [0.4, 0.5) is 0 Å². The molecule has 10 heteroatoms. The van der Waals surface area contributed by atoms with Gasteiger partial charge in [-0.3, -0.25) is 4.79 Å². The van der Waals surface area contributed by atoms with E-state index in [-0.39, 0.29) is 30.6 Å². The molecule has 2 N–H and O–H groups in total. The zero-order valence-electron chi connectivity index (χ0n) is 23.6. The highest BCUT2D eigenvalue weighted by Crippen LogP contribution is 2.68. The van der Waals surface area contributed by atoms with Gasteiger partial charge in [0.25, 0.3) is 0 Å². The lowest BCUT2D eigenvalue weighted by atomic mass is 9.45. The molecule has 1 saturated carbocycles. The molecule has 218 valence electrons. The number of benzene rings is 1. The Bertz CT molecular complexity index is 1240. The van der Waals surface area contributed by atoms with Gasteiger partial charge in [-0.25, -0.2) is 9.59 Å². The Hall–Kier alpha value is -3.11. The summed E-state index contributed by atoms with van der Waals surface area (Å²) < 4.78 is 28.2. The zero-order chi connectivity index (χ0) is 29.0. The molecule has 40 heavy (non-hydrogen) atoms. The fourth-order valence-electron chi connectivity index (χ4n) is 7.04. The first kappa shape index (κ1) is 28.4. The number of rotatable bonds is 9. The van der Waals surface area contributed by atoms with Crippen LogP contribution in [0.1, 0.15) is 64.5 Å². The van der Waals surface area contributed by atoms with E-state index >= 15 is 0 Å². The maximum atomic E-state index is 13.2. The molecule has 0 amide bonds. The van der Waals surface area contributed by atoms with Crippen LogP contribution in [0.2, 0.25) is 0 Å². The third kappa shape index (κ3) is 4.36. The number of ether oxygens (including phenoxy) is 5. The van der Waals surface area contributed by atoms with Crippen molar-refractivity contribution in [2.75, 3.05) is 13.7 Å². The zero-order valence-corrected chi connectivity index (χ0v) is 23.6. The Morgan fingerprint density at radius 2 is 1.93 bits per heavy atom. The summed E-state index contributed by atoms with van der Waals surface area (Å²) in [6.45, 7) is 7.13. The van der Waals surface area contributed by atoms with E-state index in [9.17, 15) is 24.6 Å². The van der Waals surface area contributed by atoms with Crippen molar-refractivity contribution in [2.24, 2.45) is 17.8 Å². The summed E-state index contributed by atoms with van der Waals surface area (Å²) in [4.78, 5) is 37.9. The maximum absolute atomic E-state index is 13.2. The lowest BCUT2D eigenvalue weighted by Gasteiger charge is -2.61. The van der Waals surface area contributed by atoms with Gasteiger partial charge in [0.05, 0.1) is 31.2 Å². The molecule has 5 rings (SSSR count). The summed E-state index contributed by atoms with van der Waals surface area (Å²) in [6.07, 6.45) is -0.250. The van der Waals surface area contributed by atoms with Crippen LogP contribution in [0.3, 0.4) is 0 Å². The molecule has 4 aliphatic rings. The van der Waals surface area contributed by atoms with Crippen molar-refractivity contribution in [3.63, 3.8) is 0 Å². The third-order valence-corrected chi connectivity index (χ3v) is 8.94. The van der Waals surface area contributed by atoms with Gasteiger partial charge in [-0.1, -0.05) is 26.8 Å². The van der Waals surface area contributed by atoms with Crippen molar-refractivity contribution in [3.8, 4) is 11.5 Å². The molecular formula is C30H38O10. The monoisotopic (exact) mass is 558 g/mol. The minimum atomic E-state index is -1.59. The number of aliphatic hydroxyl groups excluding tert-OH is 1. The van der Waals surface area contributed by atoms with Crippen LogP contribution in [-0.4, -0.2) is 65.8 Å². The molecule has 3 aliphatic carbocycles. The molecule has 1 aromatic rings. The molecule has 0 aromatic heterocycles. The number of aliphatic hydroxyl groups is 2. The molecule has 1 aliphatic heterocycles. The van der Waals surface area contributed by atoms with Gasteiger partial charge in [0, 0.05) is 5.56 Å². The molecule has 1 heterocycles. The standard InChI is InChI=1S/C30H38O10/c1-15(2)14-37-28(34)22(39-27(33)17(4)31)13-23(32)38-21-9-11-30(35)19-12-18-6-7-20(36-5)25-24(18)29(30,26(21)40-25)10-8-16(19)3/h6-7,9,15-17,19,22,26,31,35H,8,10-14H2,1-5H3/t16?,17-,19-,22-,26-,29-,30+/m0/s1. The maximum Gasteiger partial charge on any atom is 0.348 e. The van der Waals surface area contributed by atoms with E-state index in [1.165, 1.54) is 6.92 Å². The second-order valence-corrected chi connectivity index (χ2v) is 12.0. The van der Waals surface area contributed by atoms with Gasteiger partial charge < -0.3 is 33.9 Å². The Kier molecular flexibility index (Phi) is 7.37. The van der Waals surface area contributed by atoms with Gasteiger partial charge >= 0.3 is 17.9 Å². The van der Waals surface area contributed by atoms with Crippen LogP contribution in [0, 0.1) is 17.8 Å². The second-order valence-electron chi connectivity index (χ2n) is 12.0. The summed E-state index contributed by atoms with van der Waals surface area (Å²) in [5, 5.41) is 21.9. The fraction of sp³-hybridized carbons (Fsp3) is 0.633. The molecule has 7 atom stereocenters. The number of carbonyl (C=O) groups excluding carboxylic acids is 3. The van der Waals surface area contributed by atoms with Gasteiger partial charge in [0.1, 0.15) is 11.9 Å². The van der Waals surface area contributed by atoms with E-state index in [4.69, 9.17) is 23.7 Å². The first-order valence-corrected chi connectivity index (χ1v) is 14.0. The highest BCUT2D eigenvalue weighted by Gasteiger charge is 2.72. The molecule has 1 fully saturated rings. The van der Waals surface area contributed by atoms with Gasteiger partial charge in [-0.2, -0.15) is 0 Å². The molecule has 0 radical (unpaired) electrons. The molecular weight excluding hydrogens is 520 g/mol. The van der Waals surface area contributed by atoms with Crippen LogP contribution in [0.25, 0.3) is 0 Å². The van der Waals surface area contributed by atoms with Gasteiger partial charge in [0.15, 0.2) is 17.6 Å². The van der Waals surface area contributed by atoms with Crippen LogP contribution in [0.15, 0.2) is 24.0 Å². The number of hydrogen-bond donors (Lipinski definition) is 2. The van der Waals surface area contributed by atoms with Gasteiger partial charge in [-0.05, 0) is 68.1 Å². The first-order chi connectivity index (χ1) is 18.9. The average Bonchev–Trinajstić information content (AvgIpc) is 3.26. The first-order valence-electron chi connectivity index (χ1n) is 14.0. The smallest absolute Gasteiger partial charge is 0.348 e. The van der Waals surface area contributed by atoms with Crippen LogP contribution in [0.5, 0.6) is 11.5 Å². The van der Waals surface area contributed by atoms with Crippen molar-refractivity contribution in [2.45, 2.75) is 89.1 Å². The summed E-state index contributed by atoms with van der Waals surface area (Å²) in [7, 11) is 1.56. The summed E-state index contributed by atoms with van der Waals surface area (Å²) in [5.74, 6) is -1.12. The fourth-order valence-corrected chi connectivity index (χ4v) is 7.04. The Labute approximate surface area is 233 Å². The lowest BCUT2D eigenvalue weighted by Crippen LogP contribution is -2.69. The number of carbonyl (C=O) groups is 3. The minimum Gasteiger partial charge on any atom is -0.493 e.